The van der Waals surface area contributed by atoms with E-state index in [0.717, 1.165) is 10.0 Å². The van der Waals surface area contributed by atoms with Crippen LogP contribution in [-0.2, 0) is 6.42 Å². The van der Waals surface area contributed by atoms with E-state index in [1.54, 1.807) is 12.1 Å². The SMILES string of the molecule is Cc1ccc(CC(N)c2cc(Br)ccc2F)cc1C. The third kappa shape index (κ3) is 3.43. The lowest BCUT2D eigenvalue weighted by atomic mass is 9.97. The average molecular weight is 322 g/mol. The molecule has 19 heavy (non-hydrogen) atoms. The van der Waals surface area contributed by atoms with Gasteiger partial charge in [-0.3, -0.25) is 0 Å². The summed E-state index contributed by atoms with van der Waals surface area (Å²) in [6, 6.07) is 10.8. The van der Waals surface area contributed by atoms with Crippen LogP contribution in [0.25, 0.3) is 0 Å². The molecule has 2 aromatic rings. The molecule has 0 saturated carbocycles. The zero-order valence-electron chi connectivity index (χ0n) is 11.1. The molecule has 1 nitrogen and oxygen atoms in total. The summed E-state index contributed by atoms with van der Waals surface area (Å²) < 4.78 is 14.6. The summed E-state index contributed by atoms with van der Waals surface area (Å²) in [7, 11) is 0. The summed E-state index contributed by atoms with van der Waals surface area (Å²) in [5, 5.41) is 0. The number of halogens is 2. The Hall–Kier alpha value is -1.19. The van der Waals surface area contributed by atoms with E-state index in [-0.39, 0.29) is 11.9 Å². The van der Waals surface area contributed by atoms with Crippen molar-refractivity contribution in [3.8, 4) is 0 Å². The molecular weight excluding hydrogens is 305 g/mol. The van der Waals surface area contributed by atoms with Crippen molar-refractivity contribution >= 4 is 15.9 Å². The Morgan fingerprint density at radius 1 is 1.11 bits per heavy atom. The van der Waals surface area contributed by atoms with Crippen LogP contribution in [0, 0.1) is 19.7 Å². The average Bonchev–Trinajstić information content (AvgIpc) is 2.36. The van der Waals surface area contributed by atoms with Gasteiger partial charge < -0.3 is 5.73 Å². The number of nitrogens with two attached hydrogens (primary N) is 1. The lowest BCUT2D eigenvalue weighted by molar-refractivity contribution is 0.580. The monoisotopic (exact) mass is 321 g/mol. The first-order valence-corrected chi connectivity index (χ1v) is 7.03. The molecule has 0 heterocycles. The van der Waals surface area contributed by atoms with Crippen molar-refractivity contribution in [3.05, 3.63) is 68.9 Å². The molecular formula is C16H17BrFN. The summed E-state index contributed by atoms with van der Waals surface area (Å²) in [4.78, 5) is 0. The largest absolute Gasteiger partial charge is 0.324 e. The second-order valence-corrected chi connectivity index (χ2v) is 5.81. The maximum absolute atomic E-state index is 13.8. The topological polar surface area (TPSA) is 26.0 Å². The Bertz CT molecular complexity index is 595. The van der Waals surface area contributed by atoms with E-state index in [0.29, 0.717) is 12.0 Å². The van der Waals surface area contributed by atoms with E-state index >= 15 is 0 Å². The van der Waals surface area contributed by atoms with Gasteiger partial charge in [0.05, 0.1) is 0 Å². The number of aryl methyl sites for hydroxylation is 2. The van der Waals surface area contributed by atoms with Crippen LogP contribution in [0.2, 0.25) is 0 Å². The van der Waals surface area contributed by atoms with E-state index in [1.807, 2.05) is 0 Å². The molecule has 2 N–H and O–H groups in total. The molecule has 3 heteroatoms. The highest BCUT2D eigenvalue weighted by atomic mass is 79.9. The first kappa shape index (κ1) is 14.2. The molecule has 0 aliphatic rings. The van der Waals surface area contributed by atoms with Gasteiger partial charge in [0.1, 0.15) is 5.82 Å². The van der Waals surface area contributed by atoms with Gasteiger partial charge in [-0.15, -0.1) is 0 Å². The zero-order chi connectivity index (χ0) is 14.0. The van der Waals surface area contributed by atoms with Gasteiger partial charge in [-0.25, -0.2) is 4.39 Å². The van der Waals surface area contributed by atoms with Gasteiger partial charge in [0.2, 0.25) is 0 Å². The Morgan fingerprint density at radius 3 is 2.53 bits per heavy atom. The molecule has 0 bridgehead atoms. The van der Waals surface area contributed by atoms with Crippen molar-refractivity contribution in [3.63, 3.8) is 0 Å². The standard InChI is InChI=1S/C16H17BrFN/c1-10-3-4-12(7-11(10)2)8-16(19)14-9-13(17)5-6-15(14)18/h3-7,9,16H,8,19H2,1-2H3. The van der Waals surface area contributed by atoms with Crippen LogP contribution in [0.4, 0.5) is 4.39 Å². The Morgan fingerprint density at radius 2 is 1.84 bits per heavy atom. The van der Waals surface area contributed by atoms with Gasteiger partial charge in [-0.05, 0) is 55.2 Å². The number of rotatable bonds is 3. The maximum atomic E-state index is 13.8. The van der Waals surface area contributed by atoms with Crippen LogP contribution in [0.3, 0.4) is 0 Å². The van der Waals surface area contributed by atoms with Crippen molar-refractivity contribution in [1.29, 1.82) is 0 Å². The zero-order valence-corrected chi connectivity index (χ0v) is 12.7. The summed E-state index contributed by atoms with van der Waals surface area (Å²) in [6.45, 7) is 4.15. The third-order valence-electron chi connectivity index (χ3n) is 3.38. The number of hydrogen-bond donors (Lipinski definition) is 1. The predicted octanol–water partition coefficient (Wildman–Crippen LogP) is 4.45. The van der Waals surface area contributed by atoms with E-state index in [2.05, 4.69) is 48.0 Å². The quantitative estimate of drug-likeness (QED) is 0.888. The van der Waals surface area contributed by atoms with E-state index in [4.69, 9.17) is 5.73 Å². The van der Waals surface area contributed by atoms with Crippen LogP contribution in [0.5, 0.6) is 0 Å². The number of hydrogen-bond acceptors (Lipinski definition) is 1. The highest BCUT2D eigenvalue weighted by molar-refractivity contribution is 9.10. The Kier molecular flexibility index (Phi) is 4.38. The van der Waals surface area contributed by atoms with Gasteiger partial charge >= 0.3 is 0 Å². The highest BCUT2D eigenvalue weighted by Gasteiger charge is 2.13. The minimum absolute atomic E-state index is 0.250. The van der Waals surface area contributed by atoms with Crippen LogP contribution >= 0.6 is 15.9 Å². The van der Waals surface area contributed by atoms with E-state index < -0.39 is 0 Å². The molecule has 0 spiro atoms. The maximum Gasteiger partial charge on any atom is 0.128 e. The second-order valence-electron chi connectivity index (χ2n) is 4.90. The van der Waals surface area contributed by atoms with Gasteiger partial charge in [0.15, 0.2) is 0 Å². The Labute approximate surface area is 121 Å². The molecule has 0 aliphatic heterocycles. The summed E-state index contributed by atoms with van der Waals surface area (Å²) in [5.74, 6) is -0.250. The molecule has 0 saturated heterocycles. The molecule has 1 unspecified atom stereocenters. The van der Waals surface area contributed by atoms with Crippen LogP contribution in [-0.4, -0.2) is 0 Å². The Balaban J connectivity index is 2.22. The fourth-order valence-corrected chi connectivity index (χ4v) is 2.47. The molecule has 0 aromatic heterocycles. The highest BCUT2D eigenvalue weighted by Crippen LogP contribution is 2.23. The predicted molar refractivity (Wildman–Crippen MR) is 80.6 cm³/mol. The smallest absolute Gasteiger partial charge is 0.128 e. The molecule has 1 atom stereocenters. The first-order valence-electron chi connectivity index (χ1n) is 6.24. The first-order chi connectivity index (χ1) is 8.97. The fraction of sp³-hybridized carbons (Fsp3) is 0.250. The fourth-order valence-electron chi connectivity index (χ4n) is 2.09. The van der Waals surface area contributed by atoms with Crippen LogP contribution < -0.4 is 5.73 Å². The summed E-state index contributed by atoms with van der Waals surface area (Å²) >= 11 is 3.35. The van der Waals surface area contributed by atoms with Crippen LogP contribution in [0.1, 0.15) is 28.3 Å². The normalized spacial score (nSPS) is 12.5. The number of benzene rings is 2. The molecule has 2 rings (SSSR count). The molecule has 2 aromatic carbocycles. The van der Waals surface area contributed by atoms with Gasteiger partial charge in [0, 0.05) is 16.1 Å². The van der Waals surface area contributed by atoms with Crippen molar-refractivity contribution in [2.45, 2.75) is 26.3 Å². The molecule has 0 aliphatic carbocycles. The lowest BCUT2D eigenvalue weighted by Gasteiger charge is -2.14. The van der Waals surface area contributed by atoms with Crippen LogP contribution in [0.15, 0.2) is 40.9 Å². The minimum atomic E-state index is -0.334. The van der Waals surface area contributed by atoms with Crippen molar-refractivity contribution in [1.82, 2.24) is 0 Å². The molecule has 0 radical (unpaired) electrons. The van der Waals surface area contributed by atoms with Gasteiger partial charge in [-0.1, -0.05) is 34.1 Å². The van der Waals surface area contributed by atoms with Crippen molar-refractivity contribution in [2.24, 2.45) is 5.73 Å². The molecule has 100 valence electrons. The lowest BCUT2D eigenvalue weighted by Crippen LogP contribution is -2.15. The molecule has 0 fully saturated rings. The second kappa shape index (κ2) is 5.85. The summed E-state index contributed by atoms with van der Waals surface area (Å²) in [6.07, 6.45) is 0.633. The van der Waals surface area contributed by atoms with Gasteiger partial charge in [-0.2, -0.15) is 0 Å². The third-order valence-corrected chi connectivity index (χ3v) is 3.88. The van der Waals surface area contributed by atoms with E-state index in [9.17, 15) is 4.39 Å². The summed E-state index contributed by atoms with van der Waals surface area (Å²) in [5.41, 5.74) is 10.3. The van der Waals surface area contributed by atoms with E-state index in [1.165, 1.54) is 17.2 Å². The van der Waals surface area contributed by atoms with Crippen molar-refractivity contribution in [2.75, 3.05) is 0 Å². The minimum Gasteiger partial charge on any atom is -0.324 e. The van der Waals surface area contributed by atoms with Crippen molar-refractivity contribution < 1.29 is 4.39 Å². The molecule has 0 amide bonds. The van der Waals surface area contributed by atoms with Gasteiger partial charge in [0.25, 0.3) is 0 Å².